The predicted molar refractivity (Wildman–Crippen MR) is 98.4 cm³/mol. The van der Waals surface area contributed by atoms with Crippen LogP contribution in [0.2, 0.25) is 0 Å². The molecular formula is C20H24O4S. The molecule has 0 amide bonds. The molecule has 1 saturated heterocycles. The van der Waals surface area contributed by atoms with Crippen molar-refractivity contribution >= 4 is 11.8 Å². The van der Waals surface area contributed by atoms with E-state index >= 15 is 0 Å². The molecule has 0 bridgehead atoms. The van der Waals surface area contributed by atoms with Crippen LogP contribution in [-0.2, 0) is 16.1 Å². The first-order valence-electron chi connectivity index (χ1n) is 8.45. The van der Waals surface area contributed by atoms with Gasteiger partial charge in [0.05, 0.1) is 12.7 Å². The van der Waals surface area contributed by atoms with Gasteiger partial charge in [-0.3, -0.25) is 0 Å². The molecule has 0 aliphatic carbocycles. The topological polar surface area (TPSA) is 58.9 Å². The van der Waals surface area contributed by atoms with Gasteiger partial charge in [-0.1, -0.05) is 59.8 Å². The number of aliphatic hydroxyl groups is 2. The van der Waals surface area contributed by atoms with Crippen molar-refractivity contribution < 1.29 is 19.7 Å². The Hall–Kier alpha value is -1.37. The van der Waals surface area contributed by atoms with Gasteiger partial charge in [-0.05, 0) is 31.5 Å². The van der Waals surface area contributed by atoms with Gasteiger partial charge in [-0.15, -0.1) is 0 Å². The third-order valence-corrected chi connectivity index (χ3v) is 5.50. The van der Waals surface area contributed by atoms with Gasteiger partial charge in [0.1, 0.15) is 23.7 Å². The Labute approximate surface area is 152 Å². The quantitative estimate of drug-likeness (QED) is 0.858. The van der Waals surface area contributed by atoms with E-state index in [4.69, 9.17) is 9.47 Å². The SMILES string of the molecule is Cc1ccc(S[C@@H]2O[C@@H](C)[C@H](OCc3ccccc3)[C@@H](O)[C@H]2O)cc1. The van der Waals surface area contributed by atoms with E-state index in [1.165, 1.54) is 17.3 Å². The van der Waals surface area contributed by atoms with Crippen molar-refractivity contribution in [3.05, 3.63) is 65.7 Å². The van der Waals surface area contributed by atoms with Crippen LogP contribution >= 0.6 is 11.8 Å². The van der Waals surface area contributed by atoms with Crippen molar-refractivity contribution in [2.75, 3.05) is 0 Å². The zero-order valence-corrected chi connectivity index (χ0v) is 15.2. The Morgan fingerprint density at radius 2 is 1.68 bits per heavy atom. The van der Waals surface area contributed by atoms with Crippen LogP contribution in [0.3, 0.4) is 0 Å². The molecule has 5 atom stereocenters. The Kier molecular flexibility index (Phi) is 6.15. The summed E-state index contributed by atoms with van der Waals surface area (Å²) in [6, 6.07) is 17.8. The Morgan fingerprint density at radius 3 is 2.36 bits per heavy atom. The molecule has 1 fully saturated rings. The van der Waals surface area contributed by atoms with Gasteiger partial charge >= 0.3 is 0 Å². The second-order valence-electron chi connectivity index (χ2n) is 6.38. The Morgan fingerprint density at radius 1 is 1.00 bits per heavy atom. The van der Waals surface area contributed by atoms with E-state index in [1.807, 2.05) is 68.4 Å². The van der Waals surface area contributed by atoms with Gasteiger partial charge in [-0.2, -0.15) is 0 Å². The number of hydrogen-bond donors (Lipinski definition) is 2. The summed E-state index contributed by atoms with van der Waals surface area (Å²) in [6.07, 6.45) is -2.88. The smallest absolute Gasteiger partial charge is 0.136 e. The average Bonchev–Trinajstić information content (AvgIpc) is 2.62. The molecular weight excluding hydrogens is 336 g/mol. The van der Waals surface area contributed by atoms with Crippen LogP contribution in [-0.4, -0.2) is 40.1 Å². The lowest BCUT2D eigenvalue weighted by Gasteiger charge is -2.41. The number of aryl methyl sites for hydroxylation is 1. The van der Waals surface area contributed by atoms with Gasteiger partial charge in [0, 0.05) is 4.90 Å². The van der Waals surface area contributed by atoms with E-state index in [0.29, 0.717) is 6.61 Å². The molecule has 0 spiro atoms. The maximum absolute atomic E-state index is 10.5. The molecule has 2 aromatic carbocycles. The molecule has 1 heterocycles. The van der Waals surface area contributed by atoms with Crippen LogP contribution in [0.4, 0.5) is 0 Å². The molecule has 134 valence electrons. The van der Waals surface area contributed by atoms with Crippen LogP contribution in [0.25, 0.3) is 0 Å². The summed E-state index contributed by atoms with van der Waals surface area (Å²) >= 11 is 1.42. The van der Waals surface area contributed by atoms with Gasteiger partial charge in [0.15, 0.2) is 0 Å². The molecule has 0 unspecified atom stereocenters. The predicted octanol–water partition coefficient (Wildman–Crippen LogP) is 3.14. The lowest BCUT2D eigenvalue weighted by Crippen LogP contribution is -2.56. The Bertz CT molecular complexity index is 661. The van der Waals surface area contributed by atoms with E-state index in [1.54, 1.807) is 0 Å². The minimum atomic E-state index is -1.01. The second-order valence-corrected chi connectivity index (χ2v) is 7.55. The number of rotatable bonds is 5. The van der Waals surface area contributed by atoms with Crippen LogP contribution in [0.1, 0.15) is 18.1 Å². The van der Waals surface area contributed by atoms with Gasteiger partial charge in [0.2, 0.25) is 0 Å². The molecule has 1 aliphatic rings. The largest absolute Gasteiger partial charge is 0.387 e. The fourth-order valence-electron chi connectivity index (χ4n) is 2.85. The zero-order valence-electron chi connectivity index (χ0n) is 14.4. The fourth-order valence-corrected chi connectivity index (χ4v) is 3.94. The summed E-state index contributed by atoms with van der Waals surface area (Å²) in [5.41, 5.74) is 1.68. The van der Waals surface area contributed by atoms with Gasteiger partial charge in [-0.25, -0.2) is 0 Å². The van der Waals surface area contributed by atoms with Crippen LogP contribution in [0.5, 0.6) is 0 Å². The summed E-state index contributed by atoms with van der Waals surface area (Å²) in [5.74, 6) is 0. The molecule has 0 saturated carbocycles. The van der Waals surface area contributed by atoms with E-state index in [0.717, 1.165) is 10.5 Å². The zero-order chi connectivity index (χ0) is 17.8. The second kappa shape index (κ2) is 8.34. The molecule has 5 heteroatoms. The minimum absolute atomic E-state index is 0.315. The highest BCUT2D eigenvalue weighted by Crippen LogP contribution is 2.34. The third kappa shape index (κ3) is 4.63. The summed E-state index contributed by atoms with van der Waals surface area (Å²) < 4.78 is 11.8. The number of ether oxygens (including phenoxy) is 2. The first kappa shape index (κ1) is 18.4. The molecule has 1 aliphatic heterocycles. The van der Waals surface area contributed by atoms with Gasteiger partial charge < -0.3 is 19.7 Å². The highest BCUT2D eigenvalue weighted by molar-refractivity contribution is 7.99. The summed E-state index contributed by atoms with van der Waals surface area (Å²) in [4.78, 5) is 0.998. The van der Waals surface area contributed by atoms with Crippen molar-refractivity contribution in [3.63, 3.8) is 0 Å². The van der Waals surface area contributed by atoms with Crippen LogP contribution in [0.15, 0.2) is 59.5 Å². The molecule has 2 N–H and O–H groups in total. The lowest BCUT2D eigenvalue weighted by atomic mass is 10.0. The lowest BCUT2D eigenvalue weighted by molar-refractivity contribution is -0.212. The van der Waals surface area contributed by atoms with E-state index in [2.05, 4.69) is 0 Å². The van der Waals surface area contributed by atoms with Crippen molar-refractivity contribution in [2.45, 2.75) is 55.2 Å². The third-order valence-electron chi connectivity index (χ3n) is 4.34. The molecule has 0 aromatic heterocycles. The maximum atomic E-state index is 10.5. The Balaban J connectivity index is 1.61. The normalized spacial score (nSPS) is 29.5. The van der Waals surface area contributed by atoms with Crippen molar-refractivity contribution in [1.82, 2.24) is 0 Å². The maximum Gasteiger partial charge on any atom is 0.136 e. The highest BCUT2D eigenvalue weighted by Gasteiger charge is 2.43. The van der Waals surface area contributed by atoms with Crippen LogP contribution < -0.4 is 0 Å². The highest BCUT2D eigenvalue weighted by atomic mass is 32.2. The molecule has 3 rings (SSSR count). The fraction of sp³-hybridized carbons (Fsp3) is 0.400. The number of thioether (sulfide) groups is 1. The summed E-state index contributed by atoms with van der Waals surface area (Å²) in [5, 5.41) is 21.0. The standard InChI is InChI=1S/C20H24O4S/c1-13-8-10-16(11-9-13)25-20-18(22)17(21)19(14(2)24-20)23-12-15-6-4-3-5-7-15/h3-11,14,17-22H,12H2,1-2H3/t14-,17-,18+,19-,20-/m0/s1. The molecule has 25 heavy (non-hydrogen) atoms. The average molecular weight is 360 g/mol. The van der Waals surface area contributed by atoms with Crippen molar-refractivity contribution in [3.8, 4) is 0 Å². The van der Waals surface area contributed by atoms with Gasteiger partial charge in [0.25, 0.3) is 0 Å². The van der Waals surface area contributed by atoms with Crippen LogP contribution in [0, 0.1) is 6.92 Å². The number of benzene rings is 2. The minimum Gasteiger partial charge on any atom is -0.387 e. The summed E-state index contributed by atoms with van der Waals surface area (Å²) in [7, 11) is 0. The van der Waals surface area contributed by atoms with Crippen molar-refractivity contribution in [1.29, 1.82) is 0 Å². The number of hydrogen-bond acceptors (Lipinski definition) is 5. The molecule has 2 aromatic rings. The summed E-state index contributed by atoms with van der Waals surface area (Å²) in [6.45, 7) is 4.27. The van der Waals surface area contributed by atoms with E-state index in [-0.39, 0.29) is 6.10 Å². The number of aliphatic hydroxyl groups excluding tert-OH is 2. The van der Waals surface area contributed by atoms with Crippen molar-refractivity contribution in [2.24, 2.45) is 0 Å². The van der Waals surface area contributed by atoms with E-state index in [9.17, 15) is 10.2 Å². The first-order valence-corrected chi connectivity index (χ1v) is 9.33. The van der Waals surface area contributed by atoms with E-state index < -0.39 is 23.7 Å². The monoisotopic (exact) mass is 360 g/mol. The molecule has 0 radical (unpaired) electrons. The first-order chi connectivity index (χ1) is 12.0. The molecule has 4 nitrogen and oxygen atoms in total.